The predicted molar refractivity (Wildman–Crippen MR) is 30.2 cm³/mol. The number of hydrogen-bond donors (Lipinski definition) is 2. The van der Waals surface area contributed by atoms with E-state index in [9.17, 15) is 0 Å². The van der Waals surface area contributed by atoms with Crippen molar-refractivity contribution in [3.8, 4) is 0 Å². The smallest absolute Gasteiger partial charge is 0.103 e. The third kappa shape index (κ3) is 5.30. The highest BCUT2D eigenvalue weighted by Crippen LogP contribution is 1.66. The molecule has 0 spiro atoms. The van der Waals surface area contributed by atoms with Gasteiger partial charge in [-0.15, -0.1) is 0 Å². The summed E-state index contributed by atoms with van der Waals surface area (Å²) in [4.78, 5) is 0. The van der Waals surface area contributed by atoms with Crippen LogP contribution in [0.4, 0.5) is 0 Å². The molecule has 0 saturated carbocycles. The molecular weight excluding hydrogens is 90.1 g/mol. The minimum absolute atomic E-state index is 0.463. The van der Waals surface area contributed by atoms with Crippen LogP contribution in [-0.2, 0) is 0 Å². The number of rotatable bonds is 2. The van der Waals surface area contributed by atoms with E-state index in [2.05, 4.69) is 12.0 Å². The van der Waals surface area contributed by atoms with Crippen LogP contribution in [0.5, 0.6) is 0 Å². The van der Waals surface area contributed by atoms with Crippen molar-refractivity contribution in [2.45, 2.75) is 0 Å². The average molecular weight is 101 g/mol. The minimum Gasteiger partial charge on any atom is -0.385 e. The normalized spacial score (nSPS) is 9.00. The van der Waals surface area contributed by atoms with Gasteiger partial charge in [0, 0.05) is 14.1 Å². The Balaban J connectivity index is 3.13. The fourth-order valence-corrected chi connectivity index (χ4v) is 0.287. The van der Waals surface area contributed by atoms with Crippen molar-refractivity contribution in [2.24, 2.45) is 5.73 Å². The van der Waals surface area contributed by atoms with Gasteiger partial charge < -0.3 is 11.2 Å². The molecule has 0 radical (unpaired) electrons. The Kier molecular flexibility index (Phi) is 2.22. The SMILES string of the molecule is C=C(N)NN(C)C. The molecule has 0 aliphatic heterocycles. The molecule has 0 aliphatic rings. The van der Waals surface area contributed by atoms with Crippen LogP contribution in [0.15, 0.2) is 12.4 Å². The van der Waals surface area contributed by atoms with E-state index in [4.69, 9.17) is 5.73 Å². The van der Waals surface area contributed by atoms with E-state index in [0.717, 1.165) is 0 Å². The van der Waals surface area contributed by atoms with E-state index in [0.29, 0.717) is 5.82 Å². The quantitative estimate of drug-likeness (QED) is 0.460. The van der Waals surface area contributed by atoms with Crippen molar-refractivity contribution in [1.29, 1.82) is 0 Å². The second kappa shape index (κ2) is 2.47. The molecule has 0 heterocycles. The summed E-state index contributed by atoms with van der Waals surface area (Å²) >= 11 is 0. The van der Waals surface area contributed by atoms with Gasteiger partial charge in [-0.05, 0) is 0 Å². The number of hydrazine groups is 1. The zero-order chi connectivity index (χ0) is 5.86. The van der Waals surface area contributed by atoms with E-state index in [-0.39, 0.29) is 0 Å². The zero-order valence-electron chi connectivity index (χ0n) is 4.73. The molecule has 0 fully saturated rings. The van der Waals surface area contributed by atoms with E-state index in [1.54, 1.807) is 5.01 Å². The summed E-state index contributed by atoms with van der Waals surface area (Å²) in [6.07, 6.45) is 0. The Bertz CT molecular complexity index is 67.3. The fourth-order valence-electron chi connectivity index (χ4n) is 0.287. The van der Waals surface area contributed by atoms with Crippen molar-refractivity contribution in [1.82, 2.24) is 10.4 Å². The maximum atomic E-state index is 5.15. The molecule has 0 bridgehead atoms. The fraction of sp³-hybridized carbons (Fsp3) is 0.500. The molecular formula is C4H11N3. The van der Waals surface area contributed by atoms with Gasteiger partial charge in [0.15, 0.2) is 0 Å². The lowest BCUT2D eigenvalue weighted by Crippen LogP contribution is -2.32. The summed E-state index contributed by atoms with van der Waals surface area (Å²) in [5.74, 6) is 0.463. The maximum Gasteiger partial charge on any atom is 0.103 e. The van der Waals surface area contributed by atoms with Crippen LogP contribution in [0.2, 0.25) is 0 Å². The third-order valence-electron chi connectivity index (χ3n) is 0.367. The molecule has 3 nitrogen and oxygen atoms in total. The van der Waals surface area contributed by atoms with Crippen molar-refractivity contribution in [3.05, 3.63) is 12.4 Å². The molecule has 3 heteroatoms. The first kappa shape index (κ1) is 6.30. The molecule has 0 saturated heterocycles. The molecule has 3 N–H and O–H groups in total. The van der Waals surface area contributed by atoms with Gasteiger partial charge in [0.1, 0.15) is 5.82 Å². The van der Waals surface area contributed by atoms with E-state index in [1.165, 1.54) is 0 Å². The Hall–Kier alpha value is -0.700. The van der Waals surface area contributed by atoms with Crippen LogP contribution in [0.1, 0.15) is 0 Å². The molecule has 0 aliphatic carbocycles. The largest absolute Gasteiger partial charge is 0.385 e. The second-order valence-electron chi connectivity index (χ2n) is 1.53. The van der Waals surface area contributed by atoms with Crippen LogP contribution in [0.25, 0.3) is 0 Å². The van der Waals surface area contributed by atoms with Crippen LogP contribution in [-0.4, -0.2) is 19.1 Å². The van der Waals surface area contributed by atoms with E-state index in [1.807, 2.05) is 14.1 Å². The standard InChI is InChI=1S/C4H11N3/c1-4(5)6-7(2)3/h6H,1,5H2,2-3H3. The van der Waals surface area contributed by atoms with Crippen molar-refractivity contribution in [2.75, 3.05) is 14.1 Å². The van der Waals surface area contributed by atoms with E-state index >= 15 is 0 Å². The molecule has 42 valence electrons. The molecule has 0 atom stereocenters. The summed E-state index contributed by atoms with van der Waals surface area (Å²) in [7, 11) is 3.69. The van der Waals surface area contributed by atoms with Gasteiger partial charge in [0.05, 0.1) is 0 Å². The lowest BCUT2D eigenvalue weighted by molar-refractivity contribution is 0.326. The first-order chi connectivity index (χ1) is 3.13. The molecule has 0 amide bonds. The van der Waals surface area contributed by atoms with Crippen molar-refractivity contribution in [3.63, 3.8) is 0 Å². The van der Waals surface area contributed by atoms with Gasteiger partial charge in [-0.1, -0.05) is 6.58 Å². The molecule has 7 heavy (non-hydrogen) atoms. The zero-order valence-corrected chi connectivity index (χ0v) is 4.73. The molecule has 0 aromatic rings. The monoisotopic (exact) mass is 101 g/mol. The van der Waals surface area contributed by atoms with Gasteiger partial charge in [0.2, 0.25) is 0 Å². The Morgan fingerprint density at radius 3 is 2.14 bits per heavy atom. The number of nitrogens with two attached hydrogens (primary N) is 1. The highest BCUT2D eigenvalue weighted by molar-refractivity contribution is 4.78. The van der Waals surface area contributed by atoms with Crippen LogP contribution in [0, 0.1) is 0 Å². The first-order valence-corrected chi connectivity index (χ1v) is 2.01. The highest BCUT2D eigenvalue weighted by Gasteiger charge is 1.81. The third-order valence-corrected chi connectivity index (χ3v) is 0.367. The lowest BCUT2D eigenvalue weighted by atomic mass is 10.9. The summed E-state index contributed by atoms with van der Waals surface area (Å²) in [6, 6.07) is 0. The predicted octanol–water partition coefficient (Wildman–Crippen LogP) is -0.517. The number of nitrogens with one attached hydrogen (secondary N) is 1. The summed E-state index contributed by atoms with van der Waals surface area (Å²) in [6.45, 7) is 3.42. The van der Waals surface area contributed by atoms with Crippen LogP contribution >= 0.6 is 0 Å². The second-order valence-corrected chi connectivity index (χ2v) is 1.53. The minimum atomic E-state index is 0.463. The average Bonchev–Trinajstić information content (AvgIpc) is 1.27. The molecule has 0 aromatic heterocycles. The van der Waals surface area contributed by atoms with Gasteiger partial charge in [-0.2, -0.15) is 0 Å². The number of nitrogens with zero attached hydrogens (tertiary/aromatic N) is 1. The Morgan fingerprint density at radius 2 is 2.14 bits per heavy atom. The van der Waals surface area contributed by atoms with Gasteiger partial charge in [0.25, 0.3) is 0 Å². The Labute approximate surface area is 43.8 Å². The molecule has 0 rings (SSSR count). The number of hydrogen-bond acceptors (Lipinski definition) is 3. The highest BCUT2D eigenvalue weighted by atomic mass is 15.5. The van der Waals surface area contributed by atoms with E-state index < -0.39 is 0 Å². The Morgan fingerprint density at radius 1 is 1.71 bits per heavy atom. The van der Waals surface area contributed by atoms with Gasteiger partial charge >= 0.3 is 0 Å². The van der Waals surface area contributed by atoms with Crippen LogP contribution in [0.3, 0.4) is 0 Å². The van der Waals surface area contributed by atoms with Crippen LogP contribution < -0.4 is 11.2 Å². The molecule has 0 unspecified atom stereocenters. The topological polar surface area (TPSA) is 41.3 Å². The summed E-state index contributed by atoms with van der Waals surface area (Å²) < 4.78 is 0. The lowest BCUT2D eigenvalue weighted by Gasteiger charge is -2.10. The molecule has 0 aromatic carbocycles. The van der Waals surface area contributed by atoms with Gasteiger partial charge in [-0.25, -0.2) is 5.01 Å². The summed E-state index contributed by atoms with van der Waals surface area (Å²) in [5.41, 5.74) is 7.87. The van der Waals surface area contributed by atoms with Crippen molar-refractivity contribution >= 4 is 0 Å². The maximum absolute atomic E-state index is 5.15. The summed E-state index contributed by atoms with van der Waals surface area (Å²) in [5, 5.41) is 1.72. The van der Waals surface area contributed by atoms with Crippen molar-refractivity contribution < 1.29 is 0 Å². The first-order valence-electron chi connectivity index (χ1n) is 2.01. The van der Waals surface area contributed by atoms with Gasteiger partial charge in [-0.3, -0.25) is 0 Å².